The van der Waals surface area contributed by atoms with E-state index in [9.17, 15) is 0 Å². The molecule has 0 spiro atoms. The predicted octanol–water partition coefficient (Wildman–Crippen LogP) is 2.72. The molecule has 3 nitrogen and oxygen atoms in total. The average Bonchev–Trinajstić information content (AvgIpc) is 2.85. The Morgan fingerprint density at radius 3 is 3.22 bits per heavy atom. The van der Waals surface area contributed by atoms with Crippen molar-refractivity contribution in [1.29, 1.82) is 5.26 Å². The lowest BCUT2D eigenvalue weighted by Gasteiger charge is -2.13. The molecule has 0 amide bonds. The summed E-state index contributed by atoms with van der Waals surface area (Å²) in [6, 6.07) is 6.61. The van der Waals surface area contributed by atoms with Gasteiger partial charge in [-0.1, -0.05) is 13.0 Å². The molecule has 1 aliphatic rings. The molecule has 2 rings (SSSR count). The van der Waals surface area contributed by atoms with Crippen molar-refractivity contribution in [2.45, 2.75) is 44.0 Å². The van der Waals surface area contributed by atoms with Gasteiger partial charge in [-0.2, -0.15) is 17.0 Å². The van der Waals surface area contributed by atoms with E-state index < -0.39 is 0 Å². The third kappa shape index (κ3) is 3.47. The maximum Gasteiger partial charge on any atom is 0.144 e. The van der Waals surface area contributed by atoms with Gasteiger partial charge in [-0.15, -0.1) is 0 Å². The lowest BCUT2D eigenvalue weighted by atomic mass is 10.2. The average molecular weight is 261 g/mol. The Balaban J connectivity index is 1.84. The topological polar surface area (TPSA) is 48.7 Å². The van der Waals surface area contributed by atoms with E-state index in [1.54, 1.807) is 6.20 Å². The van der Waals surface area contributed by atoms with Gasteiger partial charge in [-0.25, -0.2) is 4.98 Å². The number of nitrogens with one attached hydrogen (secondary N) is 1. The first kappa shape index (κ1) is 13.4. The Hall–Kier alpha value is -1.05. The van der Waals surface area contributed by atoms with Crippen LogP contribution in [0.15, 0.2) is 18.3 Å². The quantitative estimate of drug-likeness (QED) is 0.885. The molecule has 4 heteroatoms. The van der Waals surface area contributed by atoms with Crippen LogP contribution in [0.5, 0.6) is 0 Å². The molecule has 1 aromatic heterocycles. The molecule has 1 heterocycles. The first-order valence-corrected chi connectivity index (χ1v) is 7.57. The first-order chi connectivity index (χ1) is 8.83. The smallest absolute Gasteiger partial charge is 0.144 e. The van der Waals surface area contributed by atoms with Gasteiger partial charge in [0.1, 0.15) is 11.8 Å². The molecule has 1 aromatic rings. The summed E-state index contributed by atoms with van der Waals surface area (Å²) in [6.07, 6.45) is 5.49. The normalized spacial score (nSPS) is 22.9. The van der Waals surface area contributed by atoms with Crippen LogP contribution >= 0.6 is 11.8 Å². The zero-order valence-electron chi connectivity index (χ0n) is 10.7. The van der Waals surface area contributed by atoms with Crippen LogP contribution in [-0.4, -0.2) is 22.0 Å². The van der Waals surface area contributed by atoms with Crippen molar-refractivity contribution >= 4 is 11.8 Å². The minimum atomic E-state index is 0.544. The van der Waals surface area contributed by atoms with E-state index in [1.165, 1.54) is 25.0 Å². The first-order valence-electron chi connectivity index (χ1n) is 6.52. The summed E-state index contributed by atoms with van der Waals surface area (Å²) in [5.41, 5.74) is 1.55. The number of hydrogen-bond acceptors (Lipinski definition) is 4. The molecular weight excluding hydrogens is 242 g/mol. The lowest BCUT2D eigenvalue weighted by molar-refractivity contribution is 0.524. The van der Waals surface area contributed by atoms with Crippen molar-refractivity contribution in [1.82, 2.24) is 10.3 Å². The highest BCUT2D eigenvalue weighted by Crippen LogP contribution is 2.29. The Morgan fingerprint density at radius 2 is 2.44 bits per heavy atom. The largest absolute Gasteiger partial charge is 0.310 e. The molecule has 0 saturated heterocycles. The van der Waals surface area contributed by atoms with Gasteiger partial charge >= 0.3 is 0 Å². The minimum absolute atomic E-state index is 0.544. The van der Waals surface area contributed by atoms with Crippen molar-refractivity contribution in [2.75, 3.05) is 5.75 Å². The molecule has 0 bridgehead atoms. The summed E-state index contributed by atoms with van der Waals surface area (Å²) in [7, 11) is 0. The highest BCUT2D eigenvalue weighted by atomic mass is 32.2. The van der Waals surface area contributed by atoms with E-state index in [2.05, 4.69) is 35.1 Å². The molecular formula is C14H19N3S. The van der Waals surface area contributed by atoms with Crippen LogP contribution in [0.25, 0.3) is 0 Å². The summed E-state index contributed by atoms with van der Waals surface area (Å²) in [6.45, 7) is 2.98. The van der Waals surface area contributed by atoms with Crippen LogP contribution in [-0.2, 0) is 6.54 Å². The van der Waals surface area contributed by atoms with Crippen LogP contribution in [0.2, 0.25) is 0 Å². The van der Waals surface area contributed by atoms with Gasteiger partial charge in [0.15, 0.2) is 0 Å². The van der Waals surface area contributed by atoms with E-state index in [1.807, 2.05) is 12.1 Å². The molecule has 1 N–H and O–H groups in total. The van der Waals surface area contributed by atoms with Gasteiger partial charge in [0.25, 0.3) is 0 Å². The molecule has 0 aromatic carbocycles. The number of thioether (sulfide) groups is 1. The maximum atomic E-state index is 8.98. The van der Waals surface area contributed by atoms with E-state index in [4.69, 9.17) is 5.26 Å². The van der Waals surface area contributed by atoms with Crippen LogP contribution in [0.3, 0.4) is 0 Å². The van der Waals surface area contributed by atoms with Gasteiger partial charge in [0, 0.05) is 29.6 Å². The summed E-state index contributed by atoms with van der Waals surface area (Å²) < 4.78 is 0. The zero-order chi connectivity index (χ0) is 12.8. The minimum Gasteiger partial charge on any atom is -0.310 e. The van der Waals surface area contributed by atoms with E-state index in [0.717, 1.165) is 17.4 Å². The number of hydrogen-bond donors (Lipinski definition) is 1. The zero-order valence-corrected chi connectivity index (χ0v) is 11.5. The molecule has 1 fully saturated rings. The van der Waals surface area contributed by atoms with Crippen LogP contribution in [0.1, 0.15) is 37.4 Å². The number of rotatable bonds is 5. The predicted molar refractivity (Wildman–Crippen MR) is 75.4 cm³/mol. The summed E-state index contributed by atoms with van der Waals surface area (Å²) in [4.78, 5) is 4.08. The molecule has 1 aliphatic carbocycles. The Bertz CT molecular complexity index is 427. The van der Waals surface area contributed by atoms with Gasteiger partial charge in [-0.05, 0) is 31.1 Å². The van der Waals surface area contributed by atoms with Crippen molar-refractivity contribution in [3.63, 3.8) is 0 Å². The van der Waals surface area contributed by atoms with Crippen LogP contribution in [0.4, 0.5) is 0 Å². The molecule has 0 aliphatic heterocycles. The second-order valence-corrected chi connectivity index (χ2v) is 6.17. The fourth-order valence-corrected chi connectivity index (χ4v) is 3.59. The van der Waals surface area contributed by atoms with E-state index >= 15 is 0 Å². The fourth-order valence-electron chi connectivity index (χ4n) is 2.45. The molecule has 2 unspecified atom stereocenters. The van der Waals surface area contributed by atoms with E-state index in [-0.39, 0.29) is 0 Å². The van der Waals surface area contributed by atoms with E-state index in [0.29, 0.717) is 11.7 Å². The Labute approximate surface area is 113 Å². The third-order valence-electron chi connectivity index (χ3n) is 3.37. The molecule has 18 heavy (non-hydrogen) atoms. The van der Waals surface area contributed by atoms with Crippen LogP contribution in [0, 0.1) is 11.3 Å². The Morgan fingerprint density at radius 1 is 1.56 bits per heavy atom. The number of nitriles is 1. The molecule has 0 radical (unpaired) electrons. The third-order valence-corrected chi connectivity index (χ3v) is 4.60. The second-order valence-electron chi connectivity index (χ2n) is 4.59. The summed E-state index contributed by atoms with van der Waals surface area (Å²) >= 11 is 2.07. The standard InChI is InChI=1S/C14H19N3S/c1-2-18-13-6-5-12(8-13)17-10-11-4-3-7-16-14(11)9-15/h3-4,7,12-13,17H,2,5-6,8,10H2,1H3. The summed E-state index contributed by atoms with van der Waals surface area (Å²) in [5.74, 6) is 1.21. The van der Waals surface area contributed by atoms with Gasteiger partial charge < -0.3 is 5.32 Å². The SMILES string of the molecule is CCSC1CCC(NCc2cccnc2C#N)C1. The fraction of sp³-hybridized carbons (Fsp3) is 0.571. The number of pyridine rings is 1. The second kappa shape index (κ2) is 6.77. The number of aromatic nitrogens is 1. The van der Waals surface area contributed by atoms with Crippen molar-refractivity contribution < 1.29 is 0 Å². The molecule has 96 valence electrons. The van der Waals surface area contributed by atoms with Gasteiger partial charge in [-0.3, -0.25) is 0 Å². The van der Waals surface area contributed by atoms with Crippen LogP contribution < -0.4 is 5.32 Å². The molecule has 2 atom stereocenters. The number of nitrogens with zero attached hydrogens (tertiary/aromatic N) is 2. The van der Waals surface area contributed by atoms with Gasteiger partial charge in [0.2, 0.25) is 0 Å². The van der Waals surface area contributed by atoms with Crippen molar-refractivity contribution in [3.05, 3.63) is 29.6 Å². The molecule has 1 saturated carbocycles. The monoisotopic (exact) mass is 261 g/mol. The highest BCUT2D eigenvalue weighted by molar-refractivity contribution is 7.99. The van der Waals surface area contributed by atoms with Crippen molar-refractivity contribution in [3.8, 4) is 6.07 Å². The summed E-state index contributed by atoms with van der Waals surface area (Å²) in [5, 5.41) is 13.4. The van der Waals surface area contributed by atoms with Gasteiger partial charge in [0.05, 0.1) is 0 Å². The lowest BCUT2D eigenvalue weighted by Crippen LogP contribution is -2.26. The Kier molecular flexibility index (Phi) is 5.03. The van der Waals surface area contributed by atoms with Crippen molar-refractivity contribution in [2.24, 2.45) is 0 Å². The highest BCUT2D eigenvalue weighted by Gasteiger charge is 2.24. The maximum absolute atomic E-state index is 8.98.